The lowest BCUT2D eigenvalue weighted by Gasteiger charge is -2.39. The second-order valence-electron chi connectivity index (χ2n) is 7.41. The number of hydrogen-bond acceptors (Lipinski definition) is 4. The maximum Gasteiger partial charge on any atom is 0.149 e. The molecule has 7 heteroatoms. The molecule has 0 aliphatic carbocycles. The van der Waals surface area contributed by atoms with E-state index < -0.39 is 11.8 Å². The number of halogens is 3. The van der Waals surface area contributed by atoms with Crippen LogP contribution in [0.4, 0.5) is 13.2 Å². The zero-order chi connectivity index (χ0) is 21.5. The summed E-state index contributed by atoms with van der Waals surface area (Å²) in [7, 11) is 0. The molecule has 2 aromatic carbocycles. The lowest BCUT2D eigenvalue weighted by atomic mass is 9.92. The van der Waals surface area contributed by atoms with Crippen molar-refractivity contribution >= 4 is 11.9 Å². The van der Waals surface area contributed by atoms with Crippen LogP contribution in [0.1, 0.15) is 31.2 Å². The molecule has 30 heavy (non-hydrogen) atoms. The standard InChI is InChI=1S/C22H23F2NO.CH4FNS/c1-15-9-11-26-21-8-3-2-7-19(21)20-14-17(23)12-16(22(20)24)13-18-6-4-5-10-25(15)18;2-1-4-3/h2-3,7-8,12,14,18H,1,4-6,9-11,13H2;1,3H2/t18-;/m1./s1. The van der Waals surface area contributed by atoms with Crippen LogP contribution in [0, 0.1) is 11.6 Å². The van der Waals surface area contributed by atoms with E-state index in [4.69, 9.17) is 4.74 Å². The second-order valence-corrected chi connectivity index (χ2v) is 7.96. The fourth-order valence-corrected chi connectivity index (χ4v) is 4.11. The molecule has 0 radical (unpaired) electrons. The summed E-state index contributed by atoms with van der Waals surface area (Å²) in [6, 6.07) is 9.53. The smallest absolute Gasteiger partial charge is 0.149 e. The Hall–Kier alpha value is -2.12. The van der Waals surface area contributed by atoms with Gasteiger partial charge in [0.05, 0.1) is 6.61 Å². The average molecular weight is 437 g/mol. The van der Waals surface area contributed by atoms with Gasteiger partial charge in [0.15, 0.2) is 0 Å². The number of nitrogens with two attached hydrogens (primary N) is 1. The molecule has 0 spiro atoms. The predicted octanol–water partition coefficient (Wildman–Crippen LogP) is 5.85. The van der Waals surface area contributed by atoms with Crippen molar-refractivity contribution in [3.05, 3.63) is 65.9 Å². The molecule has 3 nitrogen and oxygen atoms in total. The Labute approximate surface area is 180 Å². The number of piperidine rings is 1. The van der Waals surface area contributed by atoms with Gasteiger partial charge in [0.25, 0.3) is 0 Å². The van der Waals surface area contributed by atoms with Gasteiger partial charge in [-0.2, -0.15) is 0 Å². The molecule has 2 aliphatic rings. The quantitative estimate of drug-likeness (QED) is 0.570. The average Bonchev–Trinajstić information content (AvgIpc) is 2.76. The molecule has 2 aromatic rings. The van der Waals surface area contributed by atoms with Crippen LogP contribution in [0.25, 0.3) is 11.1 Å². The van der Waals surface area contributed by atoms with Gasteiger partial charge in [0.2, 0.25) is 0 Å². The first-order valence-corrected chi connectivity index (χ1v) is 11.1. The molecule has 2 N–H and O–H groups in total. The minimum absolute atomic E-state index is 0.162. The first-order valence-electron chi connectivity index (χ1n) is 10.1. The maximum atomic E-state index is 15.3. The van der Waals surface area contributed by atoms with Crippen molar-refractivity contribution in [3.63, 3.8) is 0 Å². The van der Waals surface area contributed by atoms with E-state index in [1.165, 1.54) is 12.1 Å². The molecular weight excluding hydrogens is 409 g/mol. The number of benzene rings is 2. The Balaban J connectivity index is 0.000000589. The van der Waals surface area contributed by atoms with E-state index in [-0.39, 0.29) is 17.4 Å². The first kappa shape index (κ1) is 22.6. The van der Waals surface area contributed by atoms with E-state index >= 15 is 4.39 Å². The Morgan fingerprint density at radius 3 is 2.70 bits per heavy atom. The highest BCUT2D eigenvalue weighted by atomic mass is 32.2. The van der Waals surface area contributed by atoms with Gasteiger partial charge in [-0.1, -0.05) is 36.7 Å². The third-order valence-corrected chi connectivity index (χ3v) is 5.62. The highest BCUT2D eigenvalue weighted by molar-refractivity contribution is 7.96. The van der Waals surface area contributed by atoms with Crippen molar-refractivity contribution in [1.82, 2.24) is 4.90 Å². The summed E-state index contributed by atoms with van der Waals surface area (Å²) < 4.78 is 46.1. The molecule has 2 bridgehead atoms. The van der Waals surface area contributed by atoms with Crippen LogP contribution in [-0.2, 0) is 6.42 Å². The topological polar surface area (TPSA) is 38.5 Å². The van der Waals surface area contributed by atoms with Gasteiger partial charge in [-0.15, -0.1) is 0 Å². The number of para-hydroxylation sites is 1. The number of nitrogens with zero attached hydrogens (tertiary/aromatic N) is 1. The number of fused-ring (bicyclic) bond motifs is 5. The van der Waals surface area contributed by atoms with Crippen molar-refractivity contribution in [3.8, 4) is 16.9 Å². The van der Waals surface area contributed by atoms with Gasteiger partial charge < -0.3 is 9.64 Å². The van der Waals surface area contributed by atoms with Gasteiger partial charge in [0.1, 0.15) is 23.4 Å². The molecule has 2 heterocycles. The largest absolute Gasteiger partial charge is 0.493 e. The van der Waals surface area contributed by atoms with Gasteiger partial charge in [-0.05, 0) is 49.4 Å². The van der Waals surface area contributed by atoms with E-state index in [2.05, 4.69) is 16.6 Å². The van der Waals surface area contributed by atoms with Crippen molar-refractivity contribution < 1.29 is 17.9 Å². The Bertz CT molecular complexity index is 876. The first-order chi connectivity index (χ1) is 14.5. The SMILES string of the molecule is C=C1CCOc2ccccc2-c2cc(F)cc(c2F)C[C@H]2CCCCN12.NSCF. The summed E-state index contributed by atoms with van der Waals surface area (Å²) in [6.07, 6.45) is 4.42. The highest BCUT2D eigenvalue weighted by Crippen LogP contribution is 2.36. The zero-order valence-electron chi connectivity index (χ0n) is 16.9. The van der Waals surface area contributed by atoms with E-state index in [1.54, 1.807) is 12.1 Å². The third-order valence-electron chi connectivity index (χ3n) is 5.49. The summed E-state index contributed by atoms with van der Waals surface area (Å²) in [5.74, 6) is -0.185. The minimum Gasteiger partial charge on any atom is -0.493 e. The summed E-state index contributed by atoms with van der Waals surface area (Å²) in [5.41, 5.74) is 2.32. The fourth-order valence-electron chi connectivity index (χ4n) is 4.11. The summed E-state index contributed by atoms with van der Waals surface area (Å²) in [4.78, 5) is 2.27. The Morgan fingerprint density at radius 2 is 1.93 bits per heavy atom. The van der Waals surface area contributed by atoms with E-state index in [0.717, 1.165) is 37.9 Å². The van der Waals surface area contributed by atoms with Gasteiger partial charge in [0, 0.05) is 35.8 Å². The molecule has 0 unspecified atom stereocenters. The molecule has 2 aliphatic heterocycles. The molecule has 0 amide bonds. The van der Waals surface area contributed by atoms with Crippen LogP contribution >= 0.6 is 11.9 Å². The highest BCUT2D eigenvalue weighted by Gasteiger charge is 2.26. The van der Waals surface area contributed by atoms with Crippen LogP contribution in [0.5, 0.6) is 5.75 Å². The van der Waals surface area contributed by atoms with Gasteiger partial charge in [-0.25, -0.2) is 13.2 Å². The van der Waals surface area contributed by atoms with Crippen LogP contribution in [0.2, 0.25) is 0 Å². The maximum absolute atomic E-state index is 15.3. The summed E-state index contributed by atoms with van der Waals surface area (Å²) in [5, 5.41) is 4.57. The van der Waals surface area contributed by atoms with Crippen molar-refractivity contribution in [1.29, 1.82) is 0 Å². The zero-order valence-corrected chi connectivity index (χ0v) is 17.7. The molecule has 4 rings (SSSR count). The van der Waals surface area contributed by atoms with Crippen molar-refractivity contribution in [2.75, 3.05) is 19.2 Å². The van der Waals surface area contributed by atoms with Gasteiger partial charge >= 0.3 is 0 Å². The summed E-state index contributed by atoms with van der Waals surface area (Å²) >= 11 is 0.690. The number of alkyl halides is 1. The van der Waals surface area contributed by atoms with Crippen LogP contribution in [0.15, 0.2) is 48.7 Å². The fraction of sp³-hybridized carbons (Fsp3) is 0.391. The monoisotopic (exact) mass is 436 g/mol. The van der Waals surface area contributed by atoms with Crippen LogP contribution in [-0.4, -0.2) is 30.1 Å². The predicted molar refractivity (Wildman–Crippen MR) is 117 cm³/mol. The van der Waals surface area contributed by atoms with Gasteiger partial charge in [-0.3, -0.25) is 5.14 Å². The summed E-state index contributed by atoms with van der Waals surface area (Å²) in [6.45, 7) is 5.63. The normalized spacial score (nSPS) is 18.6. The van der Waals surface area contributed by atoms with Crippen molar-refractivity contribution in [2.45, 2.75) is 38.1 Å². The molecule has 0 aromatic heterocycles. The molecule has 1 saturated heterocycles. The Morgan fingerprint density at radius 1 is 1.17 bits per heavy atom. The number of ether oxygens (including phenoxy) is 1. The number of hydrogen-bond donors (Lipinski definition) is 1. The van der Waals surface area contributed by atoms with Crippen molar-refractivity contribution in [2.24, 2.45) is 5.14 Å². The van der Waals surface area contributed by atoms with E-state index in [1.807, 2.05) is 12.1 Å². The lowest BCUT2D eigenvalue weighted by molar-refractivity contribution is 0.178. The second kappa shape index (κ2) is 10.8. The molecule has 1 atom stereocenters. The van der Waals surface area contributed by atoms with E-state index in [0.29, 0.717) is 41.9 Å². The Kier molecular flexibility index (Phi) is 8.10. The number of rotatable bonds is 1. The van der Waals surface area contributed by atoms with E-state index in [9.17, 15) is 8.78 Å². The third kappa shape index (κ3) is 5.32. The lowest BCUT2D eigenvalue weighted by Crippen LogP contribution is -2.40. The molecule has 1 fully saturated rings. The molecule has 162 valence electrons. The molecule has 0 saturated carbocycles. The molecular formula is C23H27F3N2OS. The minimum atomic E-state index is -0.486. The van der Waals surface area contributed by atoms with Crippen LogP contribution < -0.4 is 9.88 Å². The van der Waals surface area contributed by atoms with Crippen LogP contribution in [0.3, 0.4) is 0 Å².